The molecule has 0 saturated heterocycles. The fraction of sp³-hybridized carbons (Fsp3) is 0.667. The van der Waals surface area contributed by atoms with E-state index in [9.17, 15) is 5.11 Å². The van der Waals surface area contributed by atoms with Crippen molar-refractivity contribution in [2.24, 2.45) is 0 Å². The van der Waals surface area contributed by atoms with Crippen molar-refractivity contribution >= 4 is 17.4 Å². The smallest absolute Gasteiger partial charge is 0.224 e. The van der Waals surface area contributed by atoms with Crippen molar-refractivity contribution in [1.29, 1.82) is 0 Å². The highest BCUT2D eigenvalue weighted by Crippen LogP contribution is 2.27. The molecule has 0 aromatic carbocycles. The number of nitrogens with zero attached hydrogens (tertiary/aromatic N) is 3. The van der Waals surface area contributed by atoms with E-state index in [1.807, 2.05) is 18.9 Å². The SMILES string of the molecule is Cc1cnc(Cl)nc1N(C)C1CCCCC1O. The van der Waals surface area contributed by atoms with Gasteiger partial charge in [-0.15, -0.1) is 0 Å². The summed E-state index contributed by atoms with van der Waals surface area (Å²) < 4.78 is 0. The molecule has 0 radical (unpaired) electrons. The molecule has 5 heteroatoms. The summed E-state index contributed by atoms with van der Waals surface area (Å²) in [5, 5.41) is 10.3. The van der Waals surface area contributed by atoms with Crippen molar-refractivity contribution in [1.82, 2.24) is 9.97 Å². The van der Waals surface area contributed by atoms with Crippen molar-refractivity contribution in [3.63, 3.8) is 0 Å². The number of aliphatic hydroxyl groups is 1. The molecule has 1 aromatic rings. The number of aryl methyl sites for hydroxylation is 1. The number of likely N-dealkylation sites (N-methyl/N-ethyl adjacent to an activating group) is 1. The van der Waals surface area contributed by atoms with E-state index in [4.69, 9.17) is 11.6 Å². The Morgan fingerprint density at radius 1 is 1.41 bits per heavy atom. The molecular formula is C12H18ClN3O. The van der Waals surface area contributed by atoms with Gasteiger partial charge < -0.3 is 10.0 Å². The minimum atomic E-state index is -0.276. The number of aromatic nitrogens is 2. The molecule has 1 saturated carbocycles. The van der Waals surface area contributed by atoms with Crippen LogP contribution in [0.2, 0.25) is 5.28 Å². The largest absolute Gasteiger partial charge is 0.391 e. The van der Waals surface area contributed by atoms with Crippen LogP contribution in [-0.2, 0) is 0 Å². The van der Waals surface area contributed by atoms with E-state index in [1.54, 1.807) is 6.20 Å². The summed E-state index contributed by atoms with van der Waals surface area (Å²) in [7, 11) is 1.96. The maximum absolute atomic E-state index is 10.0. The average molecular weight is 256 g/mol. The van der Waals surface area contributed by atoms with Crippen LogP contribution in [0.1, 0.15) is 31.2 Å². The Morgan fingerprint density at radius 2 is 2.12 bits per heavy atom. The van der Waals surface area contributed by atoms with Crippen LogP contribution in [0.15, 0.2) is 6.20 Å². The van der Waals surface area contributed by atoms with Gasteiger partial charge in [-0.1, -0.05) is 12.8 Å². The van der Waals surface area contributed by atoms with Gasteiger partial charge in [0.15, 0.2) is 0 Å². The van der Waals surface area contributed by atoms with Crippen LogP contribution in [0.4, 0.5) is 5.82 Å². The van der Waals surface area contributed by atoms with Gasteiger partial charge in [0.05, 0.1) is 12.1 Å². The highest BCUT2D eigenvalue weighted by atomic mass is 35.5. The van der Waals surface area contributed by atoms with E-state index < -0.39 is 0 Å². The first kappa shape index (κ1) is 12.6. The molecule has 0 aliphatic heterocycles. The summed E-state index contributed by atoms with van der Waals surface area (Å²) >= 11 is 5.82. The second kappa shape index (κ2) is 5.19. The van der Waals surface area contributed by atoms with E-state index >= 15 is 0 Å². The average Bonchev–Trinajstić information content (AvgIpc) is 2.32. The van der Waals surface area contributed by atoms with Gasteiger partial charge in [-0.2, -0.15) is 0 Å². The molecule has 1 aliphatic carbocycles. The predicted molar refractivity (Wildman–Crippen MR) is 68.4 cm³/mol. The molecule has 2 rings (SSSR count). The van der Waals surface area contributed by atoms with E-state index in [1.165, 1.54) is 0 Å². The minimum Gasteiger partial charge on any atom is -0.391 e. The fourth-order valence-electron chi connectivity index (χ4n) is 2.47. The highest BCUT2D eigenvalue weighted by molar-refractivity contribution is 6.28. The molecule has 94 valence electrons. The number of hydrogen-bond acceptors (Lipinski definition) is 4. The Bertz CT molecular complexity index is 399. The molecule has 17 heavy (non-hydrogen) atoms. The van der Waals surface area contributed by atoms with E-state index in [-0.39, 0.29) is 17.4 Å². The Balaban J connectivity index is 2.23. The molecule has 1 fully saturated rings. The zero-order valence-corrected chi connectivity index (χ0v) is 11.0. The normalized spacial score (nSPS) is 24.7. The molecular weight excluding hydrogens is 238 g/mol. The number of aliphatic hydroxyl groups excluding tert-OH is 1. The third-order valence-electron chi connectivity index (χ3n) is 3.44. The van der Waals surface area contributed by atoms with Gasteiger partial charge in [0, 0.05) is 18.8 Å². The predicted octanol–water partition coefficient (Wildman–Crippen LogP) is 2.18. The maximum atomic E-state index is 10.0. The summed E-state index contributed by atoms with van der Waals surface area (Å²) in [6, 6.07) is 0.133. The lowest BCUT2D eigenvalue weighted by molar-refractivity contribution is 0.106. The number of hydrogen-bond donors (Lipinski definition) is 1. The molecule has 1 heterocycles. The van der Waals surface area contributed by atoms with Gasteiger partial charge in [0.1, 0.15) is 5.82 Å². The Labute approximate surface area is 107 Å². The summed E-state index contributed by atoms with van der Waals surface area (Å²) in [5.74, 6) is 0.816. The van der Waals surface area contributed by atoms with Crippen molar-refractivity contribution in [2.75, 3.05) is 11.9 Å². The summed E-state index contributed by atoms with van der Waals surface area (Å²) in [5.41, 5.74) is 0.981. The third-order valence-corrected chi connectivity index (χ3v) is 3.62. The van der Waals surface area contributed by atoms with Crippen LogP contribution in [-0.4, -0.2) is 34.3 Å². The van der Waals surface area contributed by atoms with Crippen molar-refractivity contribution in [3.8, 4) is 0 Å². The number of rotatable bonds is 2. The van der Waals surface area contributed by atoms with Crippen molar-refractivity contribution < 1.29 is 5.11 Å². The Hall–Kier alpha value is -0.870. The lowest BCUT2D eigenvalue weighted by Crippen LogP contribution is -2.44. The summed E-state index contributed by atoms with van der Waals surface area (Å²) in [6.07, 6.45) is 5.57. The molecule has 2 unspecified atom stereocenters. The van der Waals surface area contributed by atoms with E-state index in [0.29, 0.717) is 0 Å². The number of halogens is 1. The lowest BCUT2D eigenvalue weighted by Gasteiger charge is -2.36. The first-order valence-electron chi connectivity index (χ1n) is 5.99. The van der Waals surface area contributed by atoms with Crippen LogP contribution in [0.5, 0.6) is 0 Å². The fourth-order valence-corrected chi connectivity index (χ4v) is 2.60. The van der Waals surface area contributed by atoms with Gasteiger partial charge in [0.2, 0.25) is 5.28 Å². The van der Waals surface area contributed by atoms with Crippen molar-refractivity contribution in [2.45, 2.75) is 44.8 Å². The standard InChI is InChI=1S/C12H18ClN3O/c1-8-7-14-12(13)15-11(8)16(2)9-5-3-4-6-10(9)17/h7,9-10,17H,3-6H2,1-2H3. The second-order valence-corrected chi connectivity index (χ2v) is 5.01. The van der Waals surface area contributed by atoms with Gasteiger partial charge in [0.25, 0.3) is 0 Å². The van der Waals surface area contributed by atoms with E-state index in [0.717, 1.165) is 37.1 Å². The quantitative estimate of drug-likeness (QED) is 0.823. The Kier molecular flexibility index (Phi) is 3.84. The number of anilines is 1. The van der Waals surface area contributed by atoms with E-state index in [2.05, 4.69) is 9.97 Å². The van der Waals surface area contributed by atoms with Crippen LogP contribution in [0, 0.1) is 6.92 Å². The molecule has 0 spiro atoms. The van der Waals surface area contributed by atoms with Crippen molar-refractivity contribution in [3.05, 3.63) is 17.0 Å². The highest BCUT2D eigenvalue weighted by Gasteiger charge is 2.28. The van der Waals surface area contributed by atoms with Gasteiger partial charge in [-0.3, -0.25) is 0 Å². The topological polar surface area (TPSA) is 49.2 Å². The molecule has 0 amide bonds. The monoisotopic (exact) mass is 255 g/mol. The van der Waals surface area contributed by atoms with Gasteiger partial charge in [-0.25, -0.2) is 9.97 Å². The zero-order chi connectivity index (χ0) is 12.4. The van der Waals surface area contributed by atoms with Crippen LogP contribution >= 0.6 is 11.6 Å². The Morgan fingerprint density at radius 3 is 2.82 bits per heavy atom. The first-order valence-corrected chi connectivity index (χ1v) is 6.37. The minimum absolute atomic E-state index is 0.133. The van der Waals surface area contributed by atoms with Crippen LogP contribution in [0.25, 0.3) is 0 Å². The molecule has 0 bridgehead atoms. The summed E-state index contributed by atoms with van der Waals surface area (Å²) in [6.45, 7) is 1.96. The maximum Gasteiger partial charge on any atom is 0.224 e. The van der Waals surface area contributed by atoms with Gasteiger partial charge in [-0.05, 0) is 31.4 Å². The third kappa shape index (κ3) is 2.69. The molecule has 1 aromatic heterocycles. The zero-order valence-electron chi connectivity index (χ0n) is 10.2. The molecule has 2 atom stereocenters. The van der Waals surface area contributed by atoms with Crippen LogP contribution < -0.4 is 4.90 Å². The van der Waals surface area contributed by atoms with Crippen LogP contribution in [0.3, 0.4) is 0 Å². The second-order valence-electron chi connectivity index (χ2n) is 4.68. The first-order chi connectivity index (χ1) is 8.09. The molecule has 1 N–H and O–H groups in total. The molecule has 4 nitrogen and oxygen atoms in total. The summed E-state index contributed by atoms with van der Waals surface area (Å²) in [4.78, 5) is 10.2. The van der Waals surface area contributed by atoms with Gasteiger partial charge >= 0.3 is 0 Å². The molecule has 1 aliphatic rings. The lowest BCUT2D eigenvalue weighted by atomic mass is 9.91.